The monoisotopic (exact) mass is 848 g/mol. The van der Waals surface area contributed by atoms with Crippen LogP contribution in [0.15, 0.2) is 85.1 Å². The molecule has 0 saturated carbocycles. The molecule has 0 amide bonds. The van der Waals surface area contributed by atoms with Crippen LogP contribution in [0, 0.1) is 0 Å². The van der Waals surface area contributed by atoms with Crippen molar-refractivity contribution >= 4 is 19.8 Å². The minimum absolute atomic E-state index is 0.0140. The third-order valence-electron chi connectivity index (χ3n) is 9.16. The van der Waals surface area contributed by atoms with Gasteiger partial charge in [-0.1, -0.05) is 157 Å². The largest absolute Gasteiger partial charge is 0.480 e. The Morgan fingerprint density at radius 2 is 0.983 bits per heavy atom. The summed E-state index contributed by atoms with van der Waals surface area (Å²) in [5.41, 5.74) is 5.35. The molecule has 3 atom stereocenters. The highest BCUT2D eigenvalue weighted by Crippen LogP contribution is 2.43. The Morgan fingerprint density at radius 1 is 0.559 bits per heavy atom. The Bertz CT molecular complexity index is 1260. The summed E-state index contributed by atoms with van der Waals surface area (Å²) in [4.78, 5) is 33.6. The number of aliphatic carboxylic acids is 1. The topological polar surface area (TPSA) is 155 Å². The van der Waals surface area contributed by atoms with Crippen molar-refractivity contribution in [1.82, 2.24) is 0 Å². The van der Waals surface area contributed by atoms with Crippen LogP contribution < -0.4 is 5.73 Å². The number of unbranched alkanes of at least 4 members (excludes halogenated alkanes) is 14. The number of carboxylic acid groups (broad SMARTS) is 1. The molecule has 0 aromatic heterocycles. The molecule has 0 aliphatic carbocycles. The highest BCUT2D eigenvalue weighted by atomic mass is 31.2. The second-order valence-electron chi connectivity index (χ2n) is 14.8. The molecular formula is C48H82NO9P. The number of ether oxygens (including phenoxy) is 2. The van der Waals surface area contributed by atoms with Crippen LogP contribution in [-0.4, -0.2) is 60.5 Å². The molecule has 11 heteroatoms. The van der Waals surface area contributed by atoms with E-state index in [9.17, 15) is 19.0 Å². The quantitative estimate of drug-likeness (QED) is 0.0234. The van der Waals surface area contributed by atoms with Gasteiger partial charge in [-0.2, -0.15) is 0 Å². The summed E-state index contributed by atoms with van der Waals surface area (Å²) in [5, 5.41) is 8.90. The predicted molar refractivity (Wildman–Crippen MR) is 244 cm³/mol. The fourth-order valence-corrected chi connectivity index (χ4v) is 6.44. The summed E-state index contributed by atoms with van der Waals surface area (Å²) in [7, 11) is -4.63. The lowest BCUT2D eigenvalue weighted by Gasteiger charge is -2.20. The van der Waals surface area contributed by atoms with Crippen LogP contribution in [-0.2, 0) is 32.7 Å². The minimum atomic E-state index is -4.63. The number of carbonyl (C=O) groups excluding carboxylic acids is 1. The lowest BCUT2D eigenvalue weighted by Crippen LogP contribution is -2.34. The lowest BCUT2D eigenvalue weighted by atomic mass is 10.1. The SMILES string of the molecule is CC/C=C\C/C=C\C/C=C\C/C=C\C/C=C\C/C=C\CCCCCOCC(COP(=O)(O)OCC(N)C(=O)O)OC(=O)CCCCCCC/C=C\CCCCCCCC. The number of hydrogen-bond acceptors (Lipinski definition) is 8. The zero-order valence-electron chi connectivity index (χ0n) is 36.8. The van der Waals surface area contributed by atoms with Gasteiger partial charge in [0, 0.05) is 13.0 Å². The van der Waals surface area contributed by atoms with Gasteiger partial charge in [-0.05, 0) is 89.9 Å². The van der Waals surface area contributed by atoms with E-state index in [-0.39, 0.29) is 13.0 Å². The normalized spacial score (nSPS) is 14.6. The number of carboxylic acids is 1. The first-order chi connectivity index (χ1) is 28.7. The van der Waals surface area contributed by atoms with Gasteiger partial charge >= 0.3 is 19.8 Å². The van der Waals surface area contributed by atoms with Crippen LogP contribution in [0.2, 0.25) is 0 Å². The molecule has 0 aromatic carbocycles. The zero-order chi connectivity index (χ0) is 43.3. The standard InChI is InChI=1S/C48H82NO9P/c1-3-5-7-9-11-13-15-17-19-20-21-22-23-24-25-27-29-31-33-35-37-39-41-55-42-45(43-56-59(53,54)57-44-46(49)48(51)52)58-47(50)40-38-36-34-32-30-28-26-18-16-14-12-10-8-6-4-2/h5,7,11,13,17-19,21-22,24-26,29,31,45-46H,3-4,6,8-10,12,14-16,20,23,27-28,30,32-44,49H2,1-2H3,(H,51,52)(H,53,54)/b7-5-,13-11-,19-17-,22-21-,25-24-,26-18-,31-29-. The molecule has 0 rings (SSSR count). The summed E-state index contributed by atoms with van der Waals surface area (Å²) in [6.45, 7) is 3.65. The van der Waals surface area contributed by atoms with Crippen molar-refractivity contribution in [2.75, 3.05) is 26.4 Å². The van der Waals surface area contributed by atoms with Gasteiger partial charge < -0.3 is 25.2 Å². The molecule has 3 unspecified atom stereocenters. The van der Waals surface area contributed by atoms with Crippen LogP contribution in [0.3, 0.4) is 0 Å². The van der Waals surface area contributed by atoms with Gasteiger partial charge in [-0.3, -0.25) is 18.6 Å². The van der Waals surface area contributed by atoms with Gasteiger partial charge in [-0.15, -0.1) is 0 Å². The summed E-state index contributed by atoms with van der Waals surface area (Å²) in [5.74, 6) is -1.81. The Morgan fingerprint density at radius 3 is 1.49 bits per heavy atom. The van der Waals surface area contributed by atoms with E-state index in [1.807, 2.05) is 0 Å². The molecular weight excluding hydrogens is 765 g/mol. The van der Waals surface area contributed by atoms with Crippen molar-refractivity contribution < 1.29 is 42.7 Å². The van der Waals surface area contributed by atoms with E-state index in [0.717, 1.165) is 96.3 Å². The molecule has 0 spiro atoms. The molecule has 0 fully saturated rings. The number of phosphoric ester groups is 1. The van der Waals surface area contributed by atoms with Crippen LogP contribution in [0.4, 0.5) is 0 Å². The lowest BCUT2D eigenvalue weighted by molar-refractivity contribution is -0.154. The number of carbonyl (C=O) groups is 2. The minimum Gasteiger partial charge on any atom is -0.480 e. The Labute approximate surface area is 358 Å². The molecule has 0 bridgehead atoms. The van der Waals surface area contributed by atoms with Crippen LogP contribution in [0.1, 0.15) is 168 Å². The average Bonchev–Trinajstić information content (AvgIpc) is 3.21. The molecule has 0 aliphatic heterocycles. The molecule has 59 heavy (non-hydrogen) atoms. The molecule has 0 saturated heterocycles. The van der Waals surface area contributed by atoms with E-state index in [0.29, 0.717) is 13.0 Å². The summed E-state index contributed by atoms with van der Waals surface area (Å²) in [6, 6.07) is -1.48. The van der Waals surface area contributed by atoms with Crippen molar-refractivity contribution in [1.29, 1.82) is 0 Å². The van der Waals surface area contributed by atoms with E-state index >= 15 is 0 Å². The highest BCUT2D eigenvalue weighted by Gasteiger charge is 2.27. The molecule has 4 N–H and O–H groups in total. The van der Waals surface area contributed by atoms with Gasteiger partial charge in [0.15, 0.2) is 0 Å². The number of allylic oxidation sites excluding steroid dienone is 14. The van der Waals surface area contributed by atoms with Gasteiger partial charge in [-0.25, -0.2) is 4.57 Å². The fraction of sp³-hybridized carbons (Fsp3) is 0.667. The first kappa shape index (κ1) is 56.1. The number of phosphoric acid groups is 1. The molecule has 0 aliphatic rings. The van der Waals surface area contributed by atoms with Crippen LogP contribution in [0.25, 0.3) is 0 Å². The number of nitrogens with two attached hydrogens (primary N) is 1. The highest BCUT2D eigenvalue weighted by molar-refractivity contribution is 7.47. The molecule has 0 radical (unpaired) electrons. The first-order valence-corrected chi connectivity index (χ1v) is 24.1. The van der Waals surface area contributed by atoms with Crippen molar-refractivity contribution in [2.45, 2.75) is 180 Å². The van der Waals surface area contributed by atoms with E-state index < -0.39 is 45.1 Å². The van der Waals surface area contributed by atoms with Crippen molar-refractivity contribution in [3.05, 3.63) is 85.1 Å². The van der Waals surface area contributed by atoms with E-state index in [1.165, 1.54) is 44.9 Å². The average molecular weight is 848 g/mol. The Kier molecular flexibility index (Phi) is 41.2. The predicted octanol–water partition coefficient (Wildman–Crippen LogP) is 12.8. The summed E-state index contributed by atoms with van der Waals surface area (Å²) < 4.78 is 33.3. The maximum Gasteiger partial charge on any atom is 0.472 e. The van der Waals surface area contributed by atoms with Gasteiger partial charge in [0.25, 0.3) is 0 Å². The van der Waals surface area contributed by atoms with E-state index in [1.54, 1.807) is 0 Å². The van der Waals surface area contributed by atoms with Crippen molar-refractivity contribution in [3.63, 3.8) is 0 Å². The Balaban J connectivity index is 4.32. The smallest absolute Gasteiger partial charge is 0.472 e. The summed E-state index contributed by atoms with van der Waals surface area (Å²) >= 11 is 0. The van der Waals surface area contributed by atoms with Gasteiger partial charge in [0.05, 0.1) is 19.8 Å². The fourth-order valence-electron chi connectivity index (χ4n) is 5.66. The van der Waals surface area contributed by atoms with Crippen molar-refractivity contribution in [3.8, 4) is 0 Å². The van der Waals surface area contributed by atoms with Gasteiger partial charge in [0.2, 0.25) is 0 Å². The second kappa shape index (κ2) is 43.2. The number of rotatable bonds is 42. The second-order valence-corrected chi connectivity index (χ2v) is 16.2. The first-order valence-electron chi connectivity index (χ1n) is 22.6. The van der Waals surface area contributed by atoms with E-state index in [4.69, 9.17) is 29.4 Å². The Hall–Kier alpha value is -2.85. The third-order valence-corrected chi connectivity index (χ3v) is 10.1. The molecule has 10 nitrogen and oxygen atoms in total. The van der Waals surface area contributed by atoms with Crippen LogP contribution >= 0.6 is 7.82 Å². The maximum absolute atomic E-state index is 12.6. The molecule has 0 aromatic rings. The maximum atomic E-state index is 12.6. The van der Waals surface area contributed by atoms with E-state index in [2.05, 4.69) is 98.9 Å². The number of hydrogen-bond donors (Lipinski definition) is 3. The zero-order valence-corrected chi connectivity index (χ0v) is 37.7. The summed E-state index contributed by atoms with van der Waals surface area (Å²) in [6.07, 6.45) is 54.9. The van der Waals surface area contributed by atoms with Crippen LogP contribution in [0.5, 0.6) is 0 Å². The molecule has 338 valence electrons. The van der Waals surface area contributed by atoms with Crippen molar-refractivity contribution in [2.24, 2.45) is 5.73 Å². The van der Waals surface area contributed by atoms with Gasteiger partial charge in [0.1, 0.15) is 12.1 Å². The molecule has 0 heterocycles. The third kappa shape index (κ3) is 43.1. The number of esters is 1.